The van der Waals surface area contributed by atoms with Crippen molar-refractivity contribution in [1.29, 1.82) is 0 Å². The van der Waals surface area contributed by atoms with Crippen molar-refractivity contribution in [2.75, 3.05) is 29.9 Å². The predicted molar refractivity (Wildman–Crippen MR) is 82.4 cm³/mol. The van der Waals surface area contributed by atoms with Crippen molar-refractivity contribution in [2.45, 2.75) is 52.7 Å². The Morgan fingerprint density at radius 3 is 2.75 bits per heavy atom. The molecule has 20 heavy (non-hydrogen) atoms. The standard InChI is InChI=1S/C15H26N4O/c1-6-12-13(16-7-2)17-10-18-14(12)19-8-11(3)20-15(4,5)9-19/h10-11H,6-9H2,1-5H3,(H,16,17,18). The first kappa shape index (κ1) is 15.0. The number of hydrogen-bond acceptors (Lipinski definition) is 5. The van der Waals surface area contributed by atoms with Gasteiger partial charge < -0.3 is 15.0 Å². The molecular formula is C15H26N4O. The summed E-state index contributed by atoms with van der Waals surface area (Å²) in [4.78, 5) is 11.2. The molecule has 0 spiro atoms. The second-order valence-electron chi connectivity index (χ2n) is 5.98. The van der Waals surface area contributed by atoms with E-state index >= 15 is 0 Å². The lowest BCUT2D eigenvalue weighted by Crippen LogP contribution is -2.52. The quantitative estimate of drug-likeness (QED) is 0.917. The fourth-order valence-electron chi connectivity index (χ4n) is 2.94. The first-order valence-electron chi connectivity index (χ1n) is 7.47. The van der Waals surface area contributed by atoms with Crippen molar-refractivity contribution in [3.63, 3.8) is 0 Å². The number of nitrogens with one attached hydrogen (secondary N) is 1. The smallest absolute Gasteiger partial charge is 0.137 e. The van der Waals surface area contributed by atoms with Crippen LogP contribution in [0.5, 0.6) is 0 Å². The van der Waals surface area contributed by atoms with Gasteiger partial charge in [-0.2, -0.15) is 0 Å². The first-order chi connectivity index (χ1) is 9.46. The summed E-state index contributed by atoms with van der Waals surface area (Å²) in [6.07, 6.45) is 2.78. The van der Waals surface area contributed by atoms with Gasteiger partial charge in [0.05, 0.1) is 11.7 Å². The van der Waals surface area contributed by atoms with E-state index < -0.39 is 0 Å². The van der Waals surface area contributed by atoms with Gasteiger partial charge >= 0.3 is 0 Å². The van der Waals surface area contributed by atoms with Gasteiger partial charge in [0.25, 0.3) is 0 Å². The Hall–Kier alpha value is -1.36. The van der Waals surface area contributed by atoms with Crippen LogP contribution in [0.3, 0.4) is 0 Å². The Balaban J connectivity index is 2.34. The molecule has 2 rings (SSSR count). The number of anilines is 2. The lowest BCUT2D eigenvalue weighted by atomic mass is 10.0. The van der Waals surface area contributed by atoms with Gasteiger partial charge in [-0.1, -0.05) is 6.92 Å². The average molecular weight is 278 g/mol. The molecule has 0 aliphatic carbocycles. The topological polar surface area (TPSA) is 50.3 Å². The summed E-state index contributed by atoms with van der Waals surface area (Å²) in [5.74, 6) is 2.00. The van der Waals surface area contributed by atoms with E-state index in [4.69, 9.17) is 4.74 Å². The van der Waals surface area contributed by atoms with E-state index in [-0.39, 0.29) is 11.7 Å². The summed E-state index contributed by atoms with van der Waals surface area (Å²) in [7, 11) is 0. The minimum absolute atomic E-state index is 0.147. The molecule has 1 fully saturated rings. The molecule has 0 saturated carbocycles. The highest BCUT2D eigenvalue weighted by molar-refractivity contribution is 5.59. The van der Waals surface area contributed by atoms with Crippen molar-refractivity contribution >= 4 is 11.6 Å². The van der Waals surface area contributed by atoms with Crippen LogP contribution in [0.1, 0.15) is 40.2 Å². The number of ether oxygens (including phenoxy) is 1. The fourth-order valence-corrected chi connectivity index (χ4v) is 2.94. The van der Waals surface area contributed by atoms with Crippen LogP contribution in [0.2, 0.25) is 0 Å². The number of aromatic nitrogens is 2. The molecule has 1 saturated heterocycles. The summed E-state index contributed by atoms with van der Waals surface area (Å²) in [6.45, 7) is 13.2. The molecule has 1 N–H and O–H groups in total. The van der Waals surface area contributed by atoms with Crippen molar-refractivity contribution in [1.82, 2.24) is 9.97 Å². The van der Waals surface area contributed by atoms with E-state index in [0.717, 1.165) is 37.7 Å². The Bertz CT molecular complexity index is 461. The van der Waals surface area contributed by atoms with Crippen LogP contribution < -0.4 is 10.2 Å². The third-order valence-electron chi connectivity index (χ3n) is 3.49. The molecule has 5 nitrogen and oxygen atoms in total. The summed E-state index contributed by atoms with van der Waals surface area (Å²) in [5.41, 5.74) is 1.05. The van der Waals surface area contributed by atoms with Gasteiger partial charge in [-0.3, -0.25) is 0 Å². The lowest BCUT2D eigenvalue weighted by Gasteiger charge is -2.42. The molecule has 1 aromatic rings. The molecule has 1 aliphatic heterocycles. The van der Waals surface area contributed by atoms with Gasteiger partial charge in [-0.15, -0.1) is 0 Å². The second-order valence-corrected chi connectivity index (χ2v) is 5.98. The van der Waals surface area contributed by atoms with Gasteiger partial charge in [0, 0.05) is 25.2 Å². The monoisotopic (exact) mass is 278 g/mol. The molecule has 112 valence electrons. The normalized spacial score (nSPS) is 21.9. The molecule has 0 bridgehead atoms. The van der Waals surface area contributed by atoms with Crippen molar-refractivity contribution in [2.24, 2.45) is 0 Å². The summed E-state index contributed by atoms with van der Waals surface area (Å²) in [6, 6.07) is 0. The molecule has 0 aromatic carbocycles. The Morgan fingerprint density at radius 1 is 1.40 bits per heavy atom. The highest BCUT2D eigenvalue weighted by Crippen LogP contribution is 2.29. The van der Waals surface area contributed by atoms with Crippen LogP contribution in [0.25, 0.3) is 0 Å². The van der Waals surface area contributed by atoms with Gasteiger partial charge in [0.15, 0.2) is 0 Å². The zero-order valence-corrected chi connectivity index (χ0v) is 13.2. The van der Waals surface area contributed by atoms with Crippen LogP contribution in [-0.2, 0) is 11.2 Å². The zero-order chi connectivity index (χ0) is 14.8. The minimum atomic E-state index is -0.147. The molecule has 0 amide bonds. The fraction of sp³-hybridized carbons (Fsp3) is 0.733. The van der Waals surface area contributed by atoms with Crippen LogP contribution in [0.4, 0.5) is 11.6 Å². The van der Waals surface area contributed by atoms with Crippen molar-refractivity contribution in [3.05, 3.63) is 11.9 Å². The van der Waals surface area contributed by atoms with Gasteiger partial charge in [0.1, 0.15) is 18.0 Å². The molecule has 1 aliphatic rings. The maximum absolute atomic E-state index is 5.98. The van der Waals surface area contributed by atoms with Crippen LogP contribution in [0.15, 0.2) is 6.33 Å². The maximum atomic E-state index is 5.98. The number of hydrogen-bond donors (Lipinski definition) is 1. The first-order valence-corrected chi connectivity index (χ1v) is 7.47. The van der Waals surface area contributed by atoms with Gasteiger partial charge in [-0.05, 0) is 34.1 Å². The highest BCUT2D eigenvalue weighted by Gasteiger charge is 2.33. The third-order valence-corrected chi connectivity index (χ3v) is 3.49. The number of rotatable bonds is 4. The van der Waals surface area contributed by atoms with E-state index in [1.165, 1.54) is 5.56 Å². The molecule has 1 aromatic heterocycles. The van der Waals surface area contributed by atoms with E-state index in [9.17, 15) is 0 Å². The van der Waals surface area contributed by atoms with Gasteiger partial charge in [-0.25, -0.2) is 9.97 Å². The van der Waals surface area contributed by atoms with E-state index in [0.29, 0.717) is 0 Å². The van der Waals surface area contributed by atoms with Crippen molar-refractivity contribution in [3.8, 4) is 0 Å². The van der Waals surface area contributed by atoms with Crippen LogP contribution >= 0.6 is 0 Å². The maximum Gasteiger partial charge on any atom is 0.137 e. The molecule has 5 heteroatoms. The largest absolute Gasteiger partial charge is 0.370 e. The predicted octanol–water partition coefficient (Wildman–Crippen LogP) is 2.47. The SMILES string of the molecule is CCNc1ncnc(N2CC(C)OC(C)(C)C2)c1CC. The van der Waals surface area contributed by atoms with E-state index in [2.05, 4.69) is 54.8 Å². The Labute approximate surface area is 121 Å². The summed E-state index contributed by atoms with van der Waals surface area (Å²) >= 11 is 0. The van der Waals surface area contributed by atoms with Crippen molar-refractivity contribution < 1.29 is 4.74 Å². The number of nitrogens with zero attached hydrogens (tertiary/aromatic N) is 3. The number of morpholine rings is 1. The Morgan fingerprint density at radius 2 is 2.15 bits per heavy atom. The average Bonchev–Trinajstić information content (AvgIpc) is 2.36. The molecule has 1 unspecified atom stereocenters. The van der Waals surface area contributed by atoms with E-state index in [1.54, 1.807) is 6.33 Å². The molecule has 0 radical (unpaired) electrons. The molecule has 2 heterocycles. The summed E-state index contributed by atoms with van der Waals surface area (Å²) < 4.78 is 5.98. The molecular weight excluding hydrogens is 252 g/mol. The highest BCUT2D eigenvalue weighted by atomic mass is 16.5. The molecule has 1 atom stereocenters. The van der Waals surface area contributed by atoms with Crippen LogP contribution in [-0.4, -0.2) is 41.3 Å². The Kier molecular flexibility index (Phi) is 4.48. The minimum Gasteiger partial charge on any atom is -0.370 e. The third kappa shape index (κ3) is 3.20. The zero-order valence-electron chi connectivity index (χ0n) is 13.2. The van der Waals surface area contributed by atoms with Crippen LogP contribution in [0, 0.1) is 0 Å². The van der Waals surface area contributed by atoms with E-state index in [1.807, 2.05) is 0 Å². The summed E-state index contributed by atoms with van der Waals surface area (Å²) in [5, 5.41) is 3.33. The van der Waals surface area contributed by atoms with Gasteiger partial charge in [0.2, 0.25) is 0 Å². The second kappa shape index (κ2) is 5.95. The lowest BCUT2D eigenvalue weighted by molar-refractivity contribution is -0.0752.